The maximum atomic E-state index is 0. The molecule has 0 aliphatic carbocycles. The monoisotopic (exact) mass is 322 g/mol. The molecule has 0 aliphatic heterocycles. The molecule has 2 radical (unpaired) electrons. The van der Waals surface area contributed by atoms with Crippen LogP contribution in [0.2, 0.25) is 0 Å². The van der Waals surface area contributed by atoms with Crippen LogP contribution in [0.3, 0.4) is 0 Å². The maximum absolute atomic E-state index is 0. The number of hydrogen-bond donors (Lipinski definition) is 0. The van der Waals surface area contributed by atoms with Crippen LogP contribution in [0.25, 0.3) is 0 Å². The molecule has 0 unspecified atom stereocenters. The van der Waals surface area contributed by atoms with Crippen molar-refractivity contribution in [3.8, 4) is 0 Å². The van der Waals surface area contributed by atoms with Gasteiger partial charge in [0.15, 0.2) is 17.4 Å². The molecular formula is H6AlCeCuNiSi. The Labute approximate surface area is 102 Å². The van der Waals surface area contributed by atoms with Gasteiger partial charge in [0.05, 0.1) is 0 Å². The van der Waals surface area contributed by atoms with Gasteiger partial charge in [0.1, 0.15) is 0 Å². The topological polar surface area (TPSA) is 0 Å². The van der Waals surface area contributed by atoms with Crippen LogP contribution >= 0.6 is 0 Å². The normalized spacial score (nSPS) is 0. The molecule has 0 aromatic heterocycles. The third-order valence-electron chi connectivity index (χ3n) is 0. The van der Waals surface area contributed by atoms with Crippen molar-refractivity contribution in [2.75, 3.05) is 0 Å². The van der Waals surface area contributed by atoms with Gasteiger partial charge in [-0.2, -0.15) is 0 Å². The first-order chi connectivity index (χ1) is 0. The molecule has 0 aromatic rings. The molecular weight excluding hydrogens is 317 g/mol. The summed E-state index contributed by atoms with van der Waals surface area (Å²) in [5, 5.41) is 0. The van der Waals surface area contributed by atoms with Crippen LogP contribution in [0, 0.1) is 41.7 Å². The second-order valence-electron chi connectivity index (χ2n) is 0. The molecule has 0 fully saturated rings. The zero-order valence-electron chi connectivity index (χ0n) is 2.12. The van der Waals surface area contributed by atoms with Gasteiger partial charge in [0.2, 0.25) is 0 Å². The van der Waals surface area contributed by atoms with E-state index in [1.54, 1.807) is 0 Å². The van der Waals surface area contributed by atoms with Crippen molar-refractivity contribution in [2.45, 2.75) is 0 Å². The summed E-state index contributed by atoms with van der Waals surface area (Å²) in [6.45, 7) is 0. The van der Waals surface area contributed by atoms with Gasteiger partial charge in [-0.25, -0.2) is 0 Å². The molecule has 0 aromatic carbocycles. The van der Waals surface area contributed by atoms with E-state index < -0.39 is 0 Å². The average Bonchev–Trinajstić information content (AvgIpc) is 0. The van der Waals surface area contributed by atoms with Crippen LogP contribution in [-0.4, -0.2) is 28.3 Å². The van der Waals surface area contributed by atoms with Gasteiger partial charge in [-0.1, -0.05) is 0 Å². The van der Waals surface area contributed by atoms with E-state index in [1.807, 2.05) is 0 Å². The summed E-state index contributed by atoms with van der Waals surface area (Å²) in [5.41, 5.74) is 0. The molecule has 5 heavy (non-hydrogen) atoms. The van der Waals surface area contributed by atoms with E-state index in [1.165, 1.54) is 0 Å². The van der Waals surface area contributed by atoms with Gasteiger partial charge >= 0.3 is 0 Å². The zero-order valence-corrected chi connectivity index (χ0v) is 9.19. The van der Waals surface area contributed by atoms with Gasteiger partial charge in [0.25, 0.3) is 0 Å². The Balaban J connectivity index is 0. The van der Waals surface area contributed by atoms with Crippen molar-refractivity contribution in [2.24, 2.45) is 0 Å². The van der Waals surface area contributed by atoms with Crippen LogP contribution < -0.4 is 0 Å². The number of rotatable bonds is 0. The summed E-state index contributed by atoms with van der Waals surface area (Å²) in [5.74, 6) is 0. The van der Waals surface area contributed by atoms with Gasteiger partial charge < -0.3 is 0 Å². The average molecular weight is 323 g/mol. The summed E-state index contributed by atoms with van der Waals surface area (Å²) in [6, 6.07) is 0. The van der Waals surface area contributed by atoms with Crippen LogP contribution in [0.15, 0.2) is 0 Å². The fourth-order valence-electron chi connectivity index (χ4n) is 0. The summed E-state index contributed by atoms with van der Waals surface area (Å²) in [4.78, 5) is 0. The van der Waals surface area contributed by atoms with Gasteiger partial charge in [-0.15, -0.1) is 0 Å². The molecule has 0 N–H and O–H groups in total. The van der Waals surface area contributed by atoms with E-state index in [2.05, 4.69) is 0 Å². The molecule has 0 saturated heterocycles. The van der Waals surface area contributed by atoms with Crippen molar-refractivity contribution in [1.29, 1.82) is 0 Å². The van der Waals surface area contributed by atoms with E-state index in [-0.39, 0.29) is 104 Å². The molecule has 0 amide bonds. The molecule has 0 aliphatic rings. The van der Waals surface area contributed by atoms with Crippen molar-refractivity contribution in [1.82, 2.24) is 0 Å². The number of hydrogen-bond acceptors (Lipinski definition) is 0. The molecule has 0 rings (SSSR count). The molecule has 5 heteroatoms. The van der Waals surface area contributed by atoms with E-state index in [0.717, 1.165) is 0 Å². The van der Waals surface area contributed by atoms with Crippen LogP contribution in [0.4, 0.5) is 0 Å². The van der Waals surface area contributed by atoms with Crippen LogP contribution in [0.1, 0.15) is 0 Å². The molecule has 0 nitrogen and oxygen atoms in total. The smallest absolute Gasteiger partial charge is 0.0125 e. The predicted molar refractivity (Wildman–Crippen MR) is 19.9 cm³/mol. The molecule has 38 valence electrons. The van der Waals surface area contributed by atoms with Crippen molar-refractivity contribution < 1.29 is 75.3 Å². The molecule has 0 bridgehead atoms. The second-order valence-corrected chi connectivity index (χ2v) is 0. The quantitative estimate of drug-likeness (QED) is 0.437. The first-order valence-electron chi connectivity index (χ1n) is 0. The minimum absolute atomic E-state index is 0. The van der Waals surface area contributed by atoms with E-state index in [9.17, 15) is 0 Å². The van der Waals surface area contributed by atoms with E-state index >= 15 is 0 Å². The second kappa shape index (κ2) is 27.3. The summed E-state index contributed by atoms with van der Waals surface area (Å²) in [7, 11) is 0. The van der Waals surface area contributed by atoms with E-state index in [0.29, 0.717) is 0 Å². The Kier molecular flexibility index (Phi) is 230. The van der Waals surface area contributed by atoms with Crippen molar-refractivity contribution in [3.63, 3.8) is 0 Å². The SMILES string of the molecule is [AlH3].[Ce].[Cu].[Ni].[SiH3]. The summed E-state index contributed by atoms with van der Waals surface area (Å²) >= 11 is 0. The van der Waals surface area contributed by atoms with Gasteiger partial charge in [0, 0.05) is 75.3 Å². The van der Waals surface area contributed by atoms with Crippen LogP contribution in [-0.2, 0) is 33.6 Å². The van der Waals surface area contributed by atoms with Crippen LogP contribution in [0.5, 0.6) is 0 Å². The Bertz CT molecular complexity index is 11.6. The molecule has 0 saturated carbocycles. The predicted octanol–water partition coefficient (Wildman–Crippen LogP) is -2.37. The first kappa shape index (κ1) is 42.1. The molecule has 0 atom stereocenters. The zero-order chi connectivity index (χ0) is 0. The van der Waals surface area contributed by atoms with Gasteiger partial charge in [-0.3, -0.25) is 0 Å². The first-order valence-corrected chi connectivity index (χ1v) is 0. The Morgan fingerprint density at radius 3 is 1.00 bits per heavy atom. The Morgan fingerprint density at radius 2 is 1.00 bits per heavy atom. The Morgan fingerprint density at radius 1 is 1.00 bits per heavy atom. The van der Waals surface area contributed by atoms with Crippen molar-refractivity contribution >= 4 is 28.3 Å². The fourth-order valence-corrected chi connectivity index (χ4v) is 0. The molecule has 0 spiro atoms. The third-order valence-corrected chi connectivity index (χ3v) is 0. The largest absolute Gasteiger partial charge is 0.187 e. The van der Waals surface area contributed by atoms with Crippen molar-refractivity contribution in [3.05, 3.63) is 0 Å². The summed E-state index contributed by atoms with van der Waals surface area (Å²) < 4.78 is 0. The minimum atomic E-state index is 0. The standard InChI is InChI=1S/Al.Ce.Cu.Ni.H3Si.3H/h;;;;1H3;;;. The minimum Gasteiger partial charge on any atom is -0.0125 e. The Hall–Kier alpha value is 3.14. The summed E-state index contributed by atoms with van der Waals surface area (Å²) in [6.07, 6.45) is 0. The van der Waals surface area contributed by atoms with Gasteiger partial charge in [-0.05, 0) is 11.0 Å². The third kappa shape index (κ3) is 19.1. The maximum Gasteiger partial charge on any atom is 0.187 e. The fraction of sp³-hybridized carbons (Fsp3) is 0. The van der Waals surface area contributed by atoms with E-state index in [4.69, 9.17) is 0 Å². The molecule has 0 heterocycles.